The molecule has 1 fully saturated rings. The van der Waals surface area contributed by atoms with Crippen LogP contribution in [0.15, 0.2) is 24.3 Å². The van der Waals surface area contributed by atoms with Gasteiger partial charge in [-0.3, -0.25) is 4.79 Å². The van der Waals surface area contributed by atoms with Crippen LogP contribution in [0.3, 0.4) is 0 Å². The van der Waals surface area contributed by atoms with Gasteiger partial charge in [-0.25, -0.2) is 0 Å². The number of carbonyl (C=O) groups is 1. The fourth-order valence-electron chi connectivity index (χ4n) is 2.40. The minimum absolute atomic E-state index is 0.0965. The topological polar surface area (TPSA) is 41.6 Å². The van der Waals surface area contributed by atoms with E-state index in [1.807, 2.05) is 36.1 Å². The summed E-state index contributed by atoms with van der Waals surface area (Å²) in [6, 6.07) is 7.93. The van der Waals surface area contributed by atoms with Gasteiger partial charge in [-0.15, -0.1) is 0 Å². The molecule has 1 atom stereocenters. The van der Waals surface area contributed by atoms with Gasteiger partial charge in [0.2, 0.25) is 0 Å². The Labute approximate surface area is 121 Å². The van der Waals surface area contributed by atoms with Crippen LogP contribution in [0.4, 0.5) is 0 Å². The molecule has 1 heterocycles. The zero-order valence-corrected chi connectivity index (χ0v) is 12.4. The van der Waals surface area contributed by atoms with Gasteiger partial charge in [-0.1, -0.05) is 19.1 Å². The van der Waals surface area contributed by atoms with Crippen LogP contribution in [0, 0.1) is 0 Å². The van der Waals surface area contributed by atoms with Crippen molar-refractivity contribution in [2.24, 2.45) is 0 Å². The van der Waals surface area contributed by atoms with Crippen molar-refractivity contribution in [1.82, 2.24) is 10.2 Å². The van der Waals surface area contributed by atoms with E-state index in [0.29, 0.717) is 0 Å². The number of carbonyl (C=O) groups excluding carboxylic acids is 1. The van der Waals surface area contributed by atoms with Gasteiger partial charge in [0.25, 0.3) is 5.91 Å². The summed E-state index contributed by atoms with van der Waals surface area (Å²) in [6.07, 6.45) is 1.81. The second kappa shape index (κ2) is 7.29. The number of rotatable bonds is 6. The van der Waals surface area contributed by atoms with Gasteiger partial charge < -0.3 is 15.0 Å². The van der Waals surface area contributed by atoms with Crippen molar-refractivity contribution in [3.63, 3.8) is 0 Å². The molecule has 1 aromatic rings. The first kappa shape index (κ1) is 14.9. The van der Waals surface area contributed by atoms with Crippen molar-refractivity contribution in [2.75, 3.05) is 19.6 Å². The fraction of sp³-hybridized carbons (Fsp3) is 0.562. The Morgan fingerprint density at radius 1 is 1.30 bits per heavy atom. The lowest BCUT2D eigenvalue weighted by Gasteiger charge is -2.21. The summed E-state index contributed by atoms with van der Waals surface area (Å²) in [5, 5.41) is 3.28. The second-order valence-electron chi connectivity index (χ2n) is 5.22. The summed E-state index contributed by atoms with van der Waals surface area (Å²) >= 11 is 0. The van der Waals surface area contributed by atoms with Gasteiger partial charge in [-0.2, -0.15) is 0 Å². The van der Waals surface area contributed by atoms with Crippen LogP contribution >= 0.6 is 0 Å². The smallest absolute Gasteiger partial charge is 0.263 e. The van der Waals surface area contributed by atoms with E-state index in [2.05, 4.69) is 12.2 Å². The number of nitrogens with zero attached hydrogens (tertiary/aromatic N) is 1. The molecular weight excluding hydrogens is 252 g/mol. The van der Waals surface area contributed by atoms with E-state index >= 15 is 0 Å². The zero-order chi connectivity index (χ0) is 14.4. The lowest BCUT2D eigenvalue weighted by molar-refractivity contribution is -0.136. The summed E-state index contributed by atoms with van der Waals surface area (Å²) in [5.41, 5.74) is 1.22. The molecule has 0 aromatic heterocycles. The number of benzene rings is 1. The third-order valence-corrected chi connectivity index (χ3v) is 3.58. The molecule has 0 radical (unpaired) electrons. The molecule has 0 bridgehead atoms. The van der Waals surface area contributed by atoms with Crippen molar-refractivity contribution in [1.29, 1.82) is 0 Å². The third kappa shape index (κ3) is 3.97. The van der Waals surface area contributed by atoms with Crippen molar-refractivity contribution in [2.45, 2.75) is 39.3 Å². The number of ether oxygens (including phenoxy) is 1. The number of likely N-dealkylation sites (tertiary alicyclic amines) is 1. The van der Waals surface area contributed by atoms with Gasteiger partial charge in [0.05, 0.1) is 0 Å². The van der Waals surface area contributed by atoms with Gasteiger partial charge in [0, 0.05) is 19.6 Å². The maximum absolute atomic E-state index is 12.1. The van der Waals surface area contributed by atoms with E-state index in [1.165, 1.54) is 5.56 Å². The van der Waals surface area contributed by atoms with E-state index in [1.54, 1.807) is 0 Å². The SMILES string of the molecule is CCNCc1ccc(OC(C)C(=O)N2CCCC2)cc1. The van der Waals surface area contributed by atoms with Crippen molar-refractivity contribution >= 4 is 5.91 Å². The van der Waals surface area contributed by atoms with Crippen LogP contribution in [-0.4, -0.2) is 36.5 Å². The Morgan fingerprint density at radius 3 is 2.55 bits per heavy atom. The first-order valence-electron chi connectivity index (χ1n) is 7.46. The molecule has 4 nitrogen and oxygen atoms in total. The van der Waals surface area contributed by atoms with E-state index in [4.69, 9.17) is 4.74 Å². The van der Waals surface area contributed by atoms with Gasteiger partial charge in [0.15, 0.2) is 6.10 Å². The standard InChI is InChI=1S/C16H24N2O2/c1-3-17-12-14-6-8-15(9-7-14)20-13(2)16(19)18-10-4-5-11-18/h6-9,13,17H,3-5,10-12H2,1-2H3. The van der Waals surface area contributed by atoms with Crippen LogP contribution in [0.1, 0.15) is 32.3 Å². The summed E-state index contributed by atoms with van der Waals surface area (Å²) in [7, 11) is 0. The highest BCUT2D eigenvalue weighted by Gasteiger charge is 2.24. The average molecular weight is 276 g/mol. The molecule has 20 heavy (non-hydrogen) atoms. The minimum atomic E-state index is -0.410. The van der Waals surface area contributed by atoms with E-state index in [9.17, 15) is 4.79 Å². The molecule has 0 saturated carbocycles. The molecule has 0 spiro atoms. The Hall–Kier alpha value is -1.55. The van der Waals surface area contributed by atoms with Crippen LogP contribution < -0.4 is 10.1 Å². The van der Waals surface area contributed by atoms with Crippen molar-refractivity contribution in [3.05, 3.63) is 29.8 Å². The first-order valence-corrected chi connectivity index (χ1v) is 7.46. The molecule has 1 N–H and O–H groups in total. The Morgan fingerprint density at radius 2 is 1.95 bits per heavy atom. The Balaban J connectivity index is 1.87. The zero-order valence-electron chi connectivity index (χ0n) is 12.4. The highest BCUT2D eigenvalue weighted by molar-refractivity contribution is 5.81. The maximum atomic E-state index is 12.1. The van der Waals surface area contributed by atoms with Crippen LogP contribution in [0.5, 0.6) is 5.75 Å². The molecule has 1 saturated heterocycles. The fourth-order valence-corrected chi connectivity index (χ4v) is 2.40. The predicted octanol–water partition coefficient (Wildman–Crippen LogP) is 2.19. The molecule has 1 aromatic carbocycles. The van der Waals surface area contributed by atoms with Crippen molar-refractivity contribution in [3.8, 4) is 5.75 Å². The quantitative estimate of drug-likeness (QED) is 0.866. The predicted molar refractivity (Wildman–Crippen MR) is 79.7 cm³/mol. The first-order chi connectivity index (χ1) is 9.70. The monoisotopic (exact) mass is 276 g/mol. The number of hydrogen-bond donors (Lipinski definition) is 1. The van der Waals surface area contributed by atoms with Crippen molar-refractivity contribution < 1.29 is 9.53 Å². The molecule has 1 aliphatic rings. The summed E-state index contributed by atoms with van der Waals surface area (Å²) < 4.78 is 5.74. The molecule has 4 heteroatoms. The van der Waals surface area contributed by atoms with E-state index < -0.39 is 6.10 Å². The minimum Gasteiger partial charge on any atom is -0.481 e. The average Bonchev–Trinajstić information content (AvgIpc) is 3.00. The molecule has 1 aliphatic heterocycles. The lowest BCUT2D eigenvalue weighted by Crippen LogP contribution is -2.38. The van der Waals surface area contributed by atoms with Crippen LogP contribution in [-0.2, 0) is 11.3 Å². The van der Waals surface area contributed by atoms with E-state index in [-0.39, 0.29) is 5.91 Å². The third-order valence-electron chi connectivity index (χ3n) is 3.58. The van der Waals surface area contributed by atoms with Crippen LogP contribution in [0.2, 0.25) is 0 Å². The largest absolute Gasteiger partial charge is 0.481 e. The second-order valence-corrected chi connectivity index (χ2v) is 5.22. The summed E-state index contributed by atoms with van der Waals surface area (Å²) in [6.45, 7) is 7.47. The molecule has 0 aliphatic carbocycles. The van der Waals surface area contributed by atoms with E-state index in [0.717, 1.165) is 44.8 Å². The molecule has 1 unspecified atom stereocenters. The Kier molecular flexibility index (Phi) is 5.41. The van der Waals surface area contributed by atoms with Gasteiger partial charge in [0.1, 0.15) is 5.75 Å². The highest BCUT2D eigenvalue weighted by Crippen LogP contribution is 2.16. The number of hydrogen-bond acceptors (Lipinski definition) is 3. The molecular formula is C16H24N2O2. The lowest BCUT2D eigenvalue weighted by atomic mass is 10.2. The highest BCUT2D eigenvalue weighted by atomic mass is 16.5. The maximum Gasteiger partial charge on any atom is 0.263 e. The van der Waals surface area contributed by atoms with Crippen LogP contribution in [0.25, 0.3) is 0 Å². The number of amides is 1. The van der Waals surface area contributed by atoms with Gasteiger partial charge >= 0.3 is 0 Å². The normalized spacial score (nSPS) is 16.2. The number of nitrogens with one attached hydrogen (secondary N) is 1. The molecule has 1 amide bonds. The van der Waals surface area contributed by atoms with Gasteiger partial charge in [-0.05, 0) is 44.0 Å². The summed E-state index contributed by atoms with van der Waals surface area (Å²) in [4.78, 5) is 14.0. The molecule has 2 rings (SSSR count). The Bertz CT molecular complexity index is 425. The summed E-state index contributed by atoms with van der Waals surface area (Å²) in [5.74, 6) is 0.851. The molecule has 110 valence electrons.